The van der Waals surface area contributed by atoms with Crippen molar-refractivity contribution in [3.63, 3.8) is 0 Å². The highest BCUT2D eigenvalue weighted by Gasteiger charge is 2.20. The second kappa shape index (κ2) is 9.58. The van der Waals surface area contributed by atoms with E-state index in [1.165, 1.54) is 0 Å². The quantitative estimate of drug-likeness (QED) is 0.545. The number of aromatic nitrogens is 2. The highest BCUT2D eigenvalue weighted by Crippen LogP contribution is 2.30. The number of benzene rings is 2. The molecule has 1 unspecified atom stereocenters. The molecule has 1 amide bonds. The number of ether oxygens (including phenoxy) is 2. The first-order valence-electron chi connectivity index (χ1n) is 10.5. The number of halogens is 1. The lowest BCUT2D eigenvalue weighted by Gasteiger charge is -2.16. The van der Waals surface area contributed by atoms with Crippen LogP contribution in [0.4, 0.5) is 5.69 Å². The van der Waals surface area contributed by atoms with Crippen molar-refractivity contribution in [2.75, 3.05) is 25.6 Å². The van der Waals surface area contributed by atoms with E-state index >= 15 is 0 Å². The smallest absolute Gasteiger partial charge is 0.253 e. The first-order chi connectivity index (χ1) is 15.1. The number of fused-ring (bicyclic) bond motifs is 1. The minimum Gasteiger partial charge on any atom is -0.495 e. The fourth-order valence-corrected chi connectivity index (χ4v) is 4.18. The Balaban J connectivity index is 1.60. The van der Waals surface area contributed by atoms with Crippen molar-refractivity contribution in [2.45, 2.75) is 39.0 Å². The lowest BCUT2D eigenvalue weighted by Crippen LogP contribution is -2.32. The maximum Gasteiger partial charge on any atom is 0.253 e. The molecule has 0 aliphatic carbocycles. The number of anilines is 1. The molecule has 2 aromatic carbocycles. The third kappa shape index (κ3) is 4.62. The van der Waals surface area contributed by atoms with Gasteiger partial charge in [0, 0.05) is 31.6 Å². The van der Waals surface area contributed by atoms with E-state index in [0.717, 1.165) is 48.1 Å². The minimum absolute atomic E-state index is 0.0911. The van der Waals surface area contributed by atoms with Gasteiger partial charge >= 0.3 is 0 Å². The summed E-state index contributed by atoms with van der Waals surface area (Å²) in [6.07, 6.45) is 3.92. The van der Waals surface area contributed by atoms with Crippen LogP contribution < -0.4 is 15.4 Å². The molecule has 1 fully saturated rings. The van der Waals surface area contributed by atoms with Crippen molar-refractivity contribution in [1.82, 2.24) is 15.1 Å². The van der Waals surface area contributed by atoms with Gasteiger partial charge in [-0.15, -0.1) is 0 Å². The number of methoxy groups -OCH3 is 1. The Hall–Kier alpha value is -2.77. The number of rotatable bonds is 8. The fourth-order valence-electron chi connectivity index (χ4n) is 3.90. The number of carbonyl (C=O) groups is 1. The number of nitrogens with zero attached hydrogens (tertiary/aromatic N) is 2. The zero-order valence-electron chi connectivity index (χ0n) is 17.8. The van der Waals surface area contributed by atoms with Gasteiger partial charge in [0.05, 0.1) is 41.2 Å². The van der Waals surface area contributed by atoms with Gasteiger partial charge in [0.15, 0.2) is 0 Å². The van der Waals surface area contributed by atoms with Crippen LogP contribution in [-0.4, -0.2) is 42.1 Å². The molecule has 31 heavy (non-hydrogen) atoms. The molecule has 0 saturated carbocycles. The number of hydrogen-bond donors (Lipinski definition) is 2. The van der Waals surface area contributed by atoms with Crippen molar-refractivity contribution < 1.29 is 14.3 Å². The summed E-state index contributed by atoms with van der Waals surface area (Å²) in [5, 5.41) is 12.4. The monoisotopic (exact) mass is 442 g/mol. The normalized spacial score (nSPS) is 15.9. The molecule has 1 aliphatic heterocycles. The highest BCUT2D eigenvalue weighted by molar-refractivity contribution is 6.32. The van der Waals surface area contributed by atoms with Crippen LogP contribution in [0.15, 0.2) is 36.5 Å². The number of hydrogen-bond acceptors (Lipinski definition) is 5. The average Bonchev–Trinajstić information content (AvgIpc) is 3.45. The maximum atomic E-state index is 13.0. The summed E-state index contributed by atoms with van der Waals surface area (Å²) in [6, 6.07) is 9.45. The zero-order valence-corrected chi connectivity index (χ0v) is 18.5. The van der Waals surface area contributed by atoms with E-state index in [4.69, 9.17) is 21.1 Å². The summed E-state index contributed by atoms with van der Waals surface area (Å²) < 4.78 is 12.8. The van der Waals surface area contributed by atoms with E-state index in [1.807, 2.05) is 41.9 Å². The van der Waals surface area contributed by atoms with Crippen LogP contribution in [0, 0.1) is 0 Å². The molecule has 2 N–H and O–H groups in total. The summed E-state index contributed by atoms with van der Waals surface area (Å²) in [7, 11) is 1.59. The van der Waals surface area contributed by atoms with Crippen LogP contribution in [0.3, 0.4) is 0 Å². The largest absolute Gasteiger partial charge is 0.495 e. The van der Waals surface area contributed by atoms with Crippen LogP contribution in [-0.2, 0) is 17.8 Å². The first-order valence-corrected chi connectivity index (χ1v) is 10.9. The van der Waals surface area contributed by atoms with Gasteiger partial charge in [-0.25, -0.2) is 0 Å². The predicted molar refractivity (Wildman–Crippen MR) is 122 cm³/mol. The summed E-state index contributed by atoms with van der Waals surface area (Å²) in [6.45, 7) is 4.58. The molecule has 7 nitrogen and oxygen atoms in total. The number of carbonyl (C=O) groups excluding carboxylic acids is 1. The van der Waals surface area contributed by atoms with Crippen molar-refractivity contribution >= 4 is 34.1 Å². The van der Waals surface area contributed by atoms with Crippen molar-refractivity contribution in [3.8, 4) is 5.75 Å². The Morgan fingerprint density at radius 1 is 1.35 bits per heavy atom. The zero-order chi connectivity index (χ0) is 21.8. The fraction of sp³-hybridized carbons (Fsp3) is 0.391. The molecule has 3 aromatic rings. The molecule has 164 valence electrons. The minimum atomic E-state index is -0.128. The predicted octanol–water partition coefficient (Wildman–Crippen LogP) is 4.24. The van der Waals surface area contributed by atoms with Gasteiger partial charge in [-0.2, -0.15) is 5.10 Å². The lowest BCUT2D eigenvalue weighted by atomic mass is 10.1. The number of aryl methyl sites for hydroxylation is 1. The second-order valence-corrected chi connectivity index (χ2v) is 7.96. The molecule has 1 atom stereocenters. The molecule has 8 heteroatoms. The Morgan fingerprint density at radius 2 is 2.23 bits per heavy atom. The van der Waals surface area contributed by atoms with E-state index in [1.54, 1.807) is 13.3 Å². The summed E-state index contributed by atoms with van der Waals surface area (Å²) in [5.41, 5.74) is 3.31. The van der Waals surface area contributed by atoms with Crippen LogP contribution >= 0.6 is 11.6 Å². The number of nitrogens with one attached hydrogen (secondary N) is 2. The third-order valence-electron chi connectivity index (χ3n) is 5.57. The second-order valence-electron chi connectivity index (χ2n) is 7.55. The van der Waals surface area contributed by atoms with E-state index < -0.39 is 0 Å². The van der Waals surface area contributed by atoms with Crippen LogP contribution in [0.25, 0.3) is 10.9 Å². The Morgan fingerprint density at radius 3 is 2.94 bits per heavy atom. The Labute approximate surface area is 186 Å². The van der Waals surface area contributed by atoms with Crippen molar-refractivity contribution in [3.05, 3.63) is 52.7 Å². The molecule has 2 heterocycles. The van der Waals surface area contributed by atoms with Crippen LogP contribution in [0.1, 0.15) is 35.7 Å². The topological polar surface area (TPSA) is 77.4 Å². The van der Waals surface area contributed by atoms with Gasteiger partial charge in [-0.3, -0.25) is 9.48 Å². The van der Waals surface area contributed by atoms with E-state index in [2.05, 4.69) is 15.7 Å². The standard InChI is InChI=1S/C23H27ClN4O3/c1-3-28-20-8-7-17(23(29)26-13-16-5-4-10-31-16)22(18(20)14-27-28)25-12-15-6-9-21(30-2)19(24)11-15/h6-9,11,14,16,25H,3-5,10,12-13H2,1-2H3,(H,26,29). The molecule has 1 aliphatic rings. The van der Waals surface area contributed by atoms with Gasteiger partial charge in [0.1, 0.15) is 5.75 Å². The average molecular weight is 443 g/mol. The van der Waals surface area contributed by atoms with Gasteiger partial charge in [-0.05, 0) is 49.6 Å². The Bertz CT molecular complexity index is 1080. The van der Waals surface area contributed by atoms with Gasteiger partial charge in [-0.1, -0.05) is 17.7 Å². The van der Waals surface area contributed by atoms with E-state index in [0.29, 0.717) is 29.4 Å². The summed E-state index contributed by atoms with van der Waals surface area (Å²) in [4.78, 5) is 13.0. The van der Waals surface area contributed by atoms with Crippen LogP contribution in [0.2, 0.25) is 5.02 Å². The number of amides is 1. The Kier molecular flexibility index (Phi) is 6.63. The molecule has 1 aromatic heterocycles. The van der Waals surface area contributed by atoms with Gasteiger partial charge < -0.3 is 20.1 Å². The van der Waals surface area contributed by atoms with Crippen molar-refractivity contribution in [1.29, 1.82) is 0 Å². The van der Waals surface area contributed by atoms with Crippen molar-refractivity contribution in [2.24, 2.45) is 0 Å². The summed E-state index contributed by atoms with van der Waals surface area (Å²) >= 11 is 6.27. The highest BCUT2D eigenvalue weighted by atomic mass is 35.5. The van der Waals surface area contributed by atoms with Gasteiger partial charge in [0.2, 0.25) is 0 Å². The maximum absolute atomic E-state index is 13.0. The molecule has 0 bridgehead atoms. The third-order valence-corrected chi connectivity index (χ3v) is 5.87. The SMILES string of the molecule is CCn1ncc2c(NCc3ccc(OC)c(Cl)c3)c(C(=O)NCC3CCCO3)ccc21. The molecular weight excluding hydrogens is 416 g/mol. The molecule has 4 rings (SSSR count). The lowest BCUT2D eigenvalue weighted by molar-refractivity contribution is 0.0858. The van der Waals surface area contributed by atoms with Crippen LogP contribution in [0.5, 0.6) is 5.75 Å². The molecule has 1 saturated heterocycles. The first kappa shape index (κ1) is 21.5. The summed E-state index contributed by atoms with van der Waals surface area (Å²) in [5.74, 6) is 0.503. The molecular formula is C23H27ClN4O3. The molecule has 0 spiro atoms. The van der Waals surface area contributed by atoms with E-state index in [-0.39, 0.29) is 12.0 Å². The van der Waals surface area contributed by atoms with Gasteiger partial charge in [0.25, 0.3) is 5.91 Å². The van der Waals surface area contributed by atoms with E-state index in [9.17, 15) is 4.79 Å². The molecule has 0 radical (unpaired) electrons.